The molecule has 3 nitrogen and oxygen atoms in total. The summed E-state index contributed by atoms with van der Waals surface area (Å²) in [5.41, 5.74) is 2.62. The largest absolute Gasteiger partial charge is 0.336 e. The van der Waals surface area contributed by atoms with Gasteiger partial charge in [0.2, 0.25) is 0 Å². The second kappa shape index (κ2) is 6.20. The van der Waals surface area contributed by atoms with Gasteiger partial charge in [0.25, 0.3) is 0 Å². The van der Waals surface area contributed by atoms with Crippen molar-refractivity contribution in [3.63, 3.8) is 0 Å². The monoisotopic (exact) mass is 285 g/mol. The molecule has 0 radical (unpaired) electrons. The van der Waals surface area contributed by atoms with Crippen LogP contribution < -0.4 is 5.32 Å². The molecule has 0 atom stereocenters. The topological polar surface area (TPSA) is 29.9 Å². The smallest absolute Gasteiger partial charge is 0.112 e. The molecule has 2 aromatic heterocycles. The van der Waals surface area contributed by atoms with E-state index in [9.17, 15) is 0 Å². The molecule has 104 valence electrons. The fourth-order valence-corrected chi connectivity index (χ4v) is 3.06. The van der Waals surface area contributed by atoms with Crippen LogP contribution in [0.4, 0.5) is 0 Å². The van der Waals surface area contributed by atoms with Gasteiger partial charge in [-0.2, -0.15) is 0 Å². The Bertz CT molecular complexity index is 670. The molecule has 0 spiro atoms. The predicted molar refractivity (Wildman–Crippen MR) is 85.2 cm³/mol. The highest BCUT2D eigenvalue weighted by Gasteiger charge is 2.09. The lowest BCUT2D eigenvalue weighted by molar-refractivity contribution is 0.636. The highest BCUT2D eigenvalue weighted by Crippen LogP contribution is 2.21. The highest BCUT2D eigenvalue weighted by atomic mass is 32.1. The Hall–Kier alpha value is -1.65. The maximum absolute atomic E-state index is 4.41. The van der Waals surface area contributed by atoms with Crippen LogP contribution in [0.25, 0.3) is 10.9 Å². The standard InChI is InChI=1S/C16H19N3S/c1-2-7-17-11-14-10-13-5-3-4-6-15(13)19(14)12-16-18-8-9-20-16/h3-6,8-10,17H,2,7,11-12H2,1H3. The van der Waals surface area contributed by atoms with Gasteiger partial charge in [-0.3, -0.25) is 0 Å². The summed E-state index contributed by atoms with van der Waals surface area (Å²) in [6.45, 7) is 5.01. The van der Waals surface area contributed by atoms with E-state index in [-0.39, 0.29) is 0 Å². The van der Waals surface area contributed by atoms with Gasteiger partial charge in [0, 0.05) is 29.3 Å². The van der Waals surface area contributed by atoms with E-state index >= 15 is 0 Å². The number of thiazole rings is 1. The van der Waals surface area contributed by atoms with Gasteiger partial charge in [-0.05, 0) is 30.5 Å². The average Bonchev–Trinajstić information content (AvgIpc) is 3.09. The second-order valence-corrected chi connectivity index (χ2v) is 5.86. The number of para-hydroxylation sites is 1. The van der Waals surface area contributed by atoms with Gasteiger partial charge in [0.05, 0.1) is 6.54 Å². The van der Waals surface area contributed by atoms with Crippen molar-refractivity contribution in [2.24, 2.45) is 0 Å². The molecule has 0 saturated carbocycles. The van der Waals surface area contributed by atoms with Crippen molar-refractivity contribution in [1.29, 1.82) is 0 Å². The van der Waals surface area contributed by atoms with Crippen LogP contribution in [0.2, 0.25) is 0 Å². The SMILES string of the molecule is CCCNCc1cc2ccccc2n1Cc1nccs1. The second-order valence-electron chi connectivity index (χ2n) is 4.88. The van der Waals surface area contributed by atoms with Crippen LogP contribution in [0.1, 0.15) is 24.0 Å². The van der Waals surface area contributed by atoms with Crippen LogP contribution in [-0.2, 0) is 13.1 Å². The lowest BCUT2D eigenvalue weighted by Crippen LogP contribution is -2.17. The van der Waals surface area contributed by atoms with E-state index in [0.29, 0.717) is 0 Å². The Labute approximate surface area is 123 Å². The Balaban J connectivity index is 1.94. The summed E-state index contributed by atoms with van der Waals surface area (Å²) >= 11 is 1.71. The zero-order valence-electron chi connectivity index (χ0n) is 11.7. The van der Waals surface area contributed by atoms with E-state index in [1.54, 1.807) is 11.3 Å². The van der Waals surface area contributed by atoms with Crippen LogP contribution in [-0.4, -0.2) is 16.1 Å². The zero-order valence-corrected chi connectivity index (χ0v) is 12.5. The maximum Gasteiger partial charge on any atom is 0.112 e. The Kier molecular flexibility index (Phi) is 4.14. The van der Waals surface area contributed by atoms with Crippen LogP contribution in [0.15, 0.2) is 41.9 Å². The number of rotatable bonds is 6. The predicted octanol–water partition coefficient (Wildman–Crippen LogP) is 3.65. The third-order valence-electron chi connectivity index (χ3n) is 3.41. The molecule has 3 aromatic rings. The molecular weight excluding hydrogens is 266 g/mol. The molecule has 2 heterocycles. The van der Waals surface area contributed by atoms with E-state index in [4.69, 9.17) is 0 Å². The first-order chi connectivity index (χ1) is 9.88. The number of fused-ring (bicyclic) bond motifs is 1. The molecule has 0 aliphatic heterocycles. The molecule has 4 heteroatoms. The number of hydrogen-bond donors (Lipinski definition) is 1. The molecule has 0 amide bonds. The van der Waals surface area contributed by atoms with E-state index < -0.39 is 0 Å². The summed E-state index contributed by atoms with van der Waals surface area (Å²) < 4.78 is 2.37. The molecular formula is C16H19N3S. The molecule has 20 heavy (non-hydrogen) atoms. The van der Waals surface area contributed by atoms with Crippen LogP contribution in [0.3, 0.4) is 0 Å². The summed E-state index contributed by atoms with van der Waals surface area (Å²) in [7, 11) is 0. The third kappa shape index (κ3) is 2.76. The maximum atomic E-state index is 4.41. The summed E-state index contributed by atoms with van der Waals surface area (Å²) in [6, 6.07) is 10.8. The van der Waals surface area contributed by atoms with Crippen LogP contribution in [0, 0.1) is 0 Å². The van der Waals surface area contributed by atoms with Crippen molar-refractivity contribution in [1.82, 2.24) is 14.9 Å². The summed E-state index contributed by atoms with van der Waals surface area (Å²) in [5.74, 6) is 0. The zero-order chi connectivity index (χ0) is 13.8. The molecule has 1 aromatic carbocycles. The van der Waals surface area contributed by atoms with Gasteiger partial charge in [0.15, 0.2) is 0 Å². The van der Waals surface area contributed by atoms with Gasteiger partial charge in [0.1, 0.15) is 5.01 Å². The first kappa shape index (κ1) is 13.3. The number of nitrogens with one attached hydrogen (secondary N) is 1. The van der Waals surface area contributed by atoms with Crippen molar-refractivity contribution >= 4 is 22.2 Å². The van der Waals surface area contributed by atoms with Gasteiger partial charge >= 0.3 is 0 Å². The third-order valence-corrected chi connectivity index (χ3v) is 4.17. The highest BCUT2D eigenvalue weighted by molar-refractivity contribution is 7.09. The van der Waals surface area contributed by atoms with Gasteiger partial charge < -0.3 is 9.88 Å². The number of hydrogen-bond acceptors (Lipinski definition) is 3. The minimum Gasteiger partial charge on any atom is -0.336 e. The molecule has 0 fully saturated rings. The molecule has 0 aliphatic rings. The van der Waals surface area contributed by atoms with Crippen molar-refractivity contribution in [2.45, 2.75) is 26.4 Å². The van der Waals surface area contributed by atoms with Gasteiger partial charge in [-0.15, -0.1) is 11.3 Å². The average molecular weight is 285 g/mol. The summed E-state index contributed by atoms with van der Waals surface area (Å²) in [5, 5.41) is 7.99. The molecule has 1 N–H and O–H groups in total. The van der Waals surface area contributed by atoms with Gasteiger partial charge in [-0.25, -0.2) is 4.98 Å². The first-order valence-electron chi connectivity index (χ1n) is 7.04. The minimum absolute atomic E-state index is 0.855. The van der Waals surface area contributed by atoms with Crippen molar-refractivity contribution in [3.8, 4) is 0 Å². The summed E-state index contributed by atoms with van der Waals surface area (Å²) in [6.07, 6.45) is 3.04. The Morgan fingerprint density at radius 3 is 3.00 bits per heavy atom. The molecule has 0 aliphatic carbocycles. The van der Waals surface area contributed by atoms with E-state index in [1.165, 1.54) is 16.6 Å². The lowest BCUT2D eigenvalue weighted by Gasteiger charge is -2.10. The lowest BCUT2D eigenvalue weighted by atomic mass is 10.2. The molecule has 0 unspecified atom stereocenters. The van der Waals surface area contributed by atoms with Crippen molar-refractivity contribution < 1.29 is 0 Å². The van der Waals surface area contributed by atoms with Crippen molar-refractivity contribution in [2.75, 3.05) is 6.54 Å². The fraction of sp³-hybridized carbons (Fsp3) is 0.312. The first-order valence-corrected chi connectivity index (χ1v) is 7.92. The van der Waals surface area contributed by atoms with Gasteiger partial charge in [-0.1, -0.05) is 25.1 Å². The van der Waals surface area contributed by atoms with E-state index in [1.807, 2.05) is 11.6 Å². The molecule has 0 bridgehead atoms. The quantitative estimate of drug-likeness (QED) is 0.701. The molecule has 3 rings (SSSR count). The molecule has 0 saturated heterocycles. The Morgan fingerprint density at radius 2 is 2.20 bits per heavy atom. The van der Waals surface area contributed by atoms with E-state index in [2.05, 4.69) is 52.1 Å². The Morgan fingerprint density at radius 1 is 1.30 bits per heavy atom. The number of aromatic nitrogens is 2. The fourth-order valence-electron chi connectivity index (χ4n) is 2.46. The van der Waals surface area contributed by atoms with Crippen LogP contribution >= 0.6 is 11.3 Å². The van der Waals surface area contributed by atoms with Crippen molar-refractivity contribution in [3.05, 3.63) is 52.6 Å². The van der Waals surface area contributed by atoms with Crippen LogP contribution in [0.5, 0.6) is 0 Å². The van der Waals surface area contributed by atoms with E-state index in [0.717, 1.165) is 31.1 Å². The normalized spacial score (nSPS) is 11.2. The minimum atomic E-state index is 0.855. The number of benzene rings is 1. The number of nitrogens with zero attached hydrogens (tertiary/aromatic N) is 2. The summed E-state index contributed by atoms with van der Waals surface area (Å²) in [4.78, 5) is 4.41.